The lowest BCUT2D eigenvalue weighted by Gasteiger charge is -2.03. The molecule has 6 heteroatoms. The van der Waals surface area contributed by atoms with Crippen molar-refractivity contribution in [1.29, 1.82) is 0 Å². The number of aromatic nitrogens is 1. The standard InChI is InChI=1S/C13H7BrClFN2S/c14-7-1-3-10(9(16)5-7)17-13-18-11-6-8(15)2-4-12(11)19-13/h1-6H,(H,17,18). The summed E-state index contributed by atoms with van der Waals surface area (Å²) >= 11 is 10.6. The van der Waals surface area contributed by atoms with Crippen molar-refractivity contribution < 1.29 is 4.39 Å². The van der Waals surface area contributed by atoms with Crippen molar-refractivity contribution in [3.63, 3.8) is 0 Å². The fourth-order valence-electron chi connectivity index (χ4n) is 1.66. The number of rotatable bonds is 2. The molecule has 1 aromatic heterocycles. The molecule has 0 bridgehead atoms. The fraction of sp³-hybridized carbons (Fsp3) is 0. The van der Waals surface area contributed by atoms with E-state index in [0.29, 0.717) is 20.3 Å². The Bertz CT molecular complexity index is 759. The van der Waals surface area contributed by atoms with Gasteiger partial charge >= 0.3 is 0 Å². The molecule has 2 nitrogen and oxygen atoms in total. The lowest BCUT2D eigenvalue weighted by molar-refractivity contribution is 0.631. The van der Waals surface area contributed by atoms with Gasteiger partial charge in [0.1, 0.15) is 5.82 Å². The molecule has 0 atom stereocenters. The average Bonchev–Trinajstić information content (AvgIpc) is 2.74. The van der Waals surface area contributed by atoms with Crippen LogP contribution in [0.2, 0.25) is 5.02 Å². The Morgan fingerprint density at radius 3 is 2.84 bits per heavy atom. The van der Waals surface area contributed by atoms with E-state index in [1.54, 1.807) is 18.2 Å². The normalized spacial score (nSPS) is 10.9. The van der Waals surface area contributed by atoms with Crippen LogP contribution < -0.4 is 5.32 Å². The molecule has 0 fully saturated rings. The Morgan fingerprint density at radius 1 is 1.21 bits per heavy atom. The SMILES string of the molecule is Fc1cc(Br)ccc1Nc1nc2cc(Cl)ccc2s1. The van der Waals surface area contributed by atoms with Gasteiger partial charge in [0, 0.05) is 9.50 Å². The predicted molar refractivity (Wildman–Crippen MR) is 82.0 cm³/mol. The van der Waals surface area contributed by atoms with E-state index in [1.165, 1.54) is 17.4 Å². The molecule has 3 rings (SSSR count). The van der Waals surface area contributed by atoms with Crippen molar-refractivity contribution in [3.05, 3.63) is 51.7 Å². The van der Waals surface area contributed by atoms with Crippen molar-refractivity contribution in [1.82, 2.24) is 4.98 Å². The molecule has 3 aromatic rings. The maximum absolute atomic E-state index is 13.7. The summed E-state index contributed by atoms with van der Waals surface area (Å²) in [5.74, 6) is -0.327. The summed E-state index contributed by atoms with van der Waals surface area (Å²) in [6.45, 7) is 0. The molecule has 0 radical (unpaired) electrons. The minimum Gasteiger partial charge on any atom is -0.329 e. The lowest BCUT2D eigenvalue weighted by atomic mass is 10.3. The molecule has 0 unspecified atom stereocenters. The van der Waals surface area contributed by atoms with Crippen molar-refractivity contribution >= 4 is 59.9 Å². The van der Waals surface area contributed by atoms with Crippen LogP contribution in [0.25, 0.3) is 10.2 Å². The number of benzene rings is 2. The molecule has 0 spiro atoms. The molecular formula is C13H7BrClFN2S. The minimum absolute atomic E-state index is 0.327. The van der Waals surface area contributed by atoms with Crippen LogP contribution in [0.3, 0.4) is 0 Å². The summed E-state index contributed by atoms with van der Waals surface area (Å²) in [7, 11) is 0. The zero-order chi connectivity index (χ0) is 13.4. The first kappa shape index (κ1) is 12.8. The second-order valence-electron chi connectivity index (χ2n) is 3.88. The number of hydrogen-bond acceptors (Lipinski definition) is 3. The topological polar surface area (TPSA) is 24.9 Å². The van der Waals surface area contributed by atoms with Crippen LogP contribution in [-0.4, -0.2) is 4.98 Å². The maximum atomic E-state index is 13.7. The molecule has 1 N–H and O–H groups in total. The van der Waals surface area contributed by atoms with E-state index >= 15 is 0 Å². The molecule has 19 heavy (non-hydrogen) atoms. The number of hydrogen-bond donors (Lipinski definition) is 1. The van der Waals surface area contributed by atoms with Crippen LogP contribution in [-0.2, 0) is 0 Å². The Morgan fingerprint density at radius 2 is 2.05 bits per heavy atom. The number of nitrogens with zero attached hydrogens (tertiary/aromatic N) is 1. The van der Waals surface area contributed by atoms with Gasteiger partial charge in [0.25, 0.3) is 0 Å². The molecule has 0 aliphatic rings. The van der Waals surface area contributed by atoms with Gasteiger partial charge in [-0.15, -0.1) is 0 Å². The summed E-state index contributed by atoms with van der Waals surface area (Å²) < 4.78 is 15.4. The molecular weight excluding hydrogens is 351 g/mol. The highest BCUT2D eigenvalue weighted by atomic mass is 79.9. The molecule has 2 aromatic carbocycles. The third-order valence-electron chi connectivity index (χ3n) is 2.52. The summed E-state index contributed by atoms with van der Waals surface area (Å²) in [5.41, 5.74) is 1.20. The first-order valence-corrected chi connectivity index (χ1v) is 7.39. The summed E-state index contributed by atoms with van der Waals surface area (Å²) in [6.07, 6.45) is 0. The summed E-state index contributed by atoms with van der Waals surface area (Å²) in [4.78, 5) is 4.38. The van der Waals surface area contributed by atoms with Crippen LogP contribution in [0.15, 0.2) is 40.9 Å². The smallest absolute Gasteiger partial charge is 0.188 e. The van der Waals surface area contributed by atoms with Gasteiger partial charge in [0.2, 0.25) is 0 Å². The zero-order valence-corrected chi connectivity index (χ0v) is 12.6. The number of fused-ring (bicyclic) bond motifs is 1. The van der Waals surface area contributed by atoms with E-state index in [9.17, 15) is 4.39 Å². The van der Waals surface area contributed by atoms with Crippen LogP contribution in [0.1, 0.15) is 0 Å². The van der Waals surface area contributed by atoms with Crippen molar-refractivity contribution in [2.24, 2.45) is 0 Å². The van der Waals surface area contributed by atoms with E-state index < -0.39 is 0 Å². The first-order valence-electron chi connectivity index (χ1n) is 5.40. The number of thiazole rings is 1. The number of nitrogens with one attached hydrogen (secondary N) is 1. The van der Waals surface area contributed by atoms with E-state index in [2.05, 4.69) is 26.2 Å². The van der Waals surface area contributed by atoms with Crippen LogP contribution in [0.5, 0.6) is 0 Å². The predicted octanol–water partition coefficient (Wildman–Crippen LogP) is 5.59. The van der Waals surface area contributed by atoms with E-state index in [4.69, 9.17) is 11.6 Å². The average molecular weight is 358 g/mol. The van der Waals surface area contributed by atoms with Crippen molar-refractivity contribution in [2.75, 3.05) is 5.32 Å². The van der Waals surface area contributed by atoms with Gasteiger partial charge in [0.05, 0.1) is 15.9 Å². The lowest BCUT2D eigenvalue weighted by Crippen LogP contribution is -1.92. The van der Waals surface area contributed by atoms with Crippen LogP contribution in [0.4, 0.5) is 15.2 Å². The second-order valence-corrected chi connectivity index (χ2v) is 6.26. The maximum Gasteiger partial charge on any atom is 0.188 e. The van der Waals surface area contributed by atoms with E-state index in [1.807, 2.05) is 12.1 Å². The number of anilines is 2. The Hall–Kier alpha value is -1.17. The highest BCUT2D eigenvalue weighted by molar-refractivity contribution is 9.10. The van der Waals surface area contributed by atoms with Gasteiger partial charge in [-0.3, -0.25) is 0 Å². The van der Waals surface area contributed by atoms with E-state index in [-0.39, 0.29) is 5.82 Å². The largest absolute Gasteiger partial charge is 0.329 e. The quantitative estimate of drug-likeness (QED) is 0.646. The van der Waals surface area contributed by atoms with E-state index in [0.717, 1.165) is 10.2 Å². The Labute approximate surface area is 126 Å². The molecule has 0 aliphatic carbocycles. The van der Waals surface area contributed by atoms with Crippen molar-refractivity contribution in [2.45, 2.75) is 0 Å². The minimum atomic E-state index is -0.327. The Balaban J connectivity index is 1.96. The molecule has 1 heterocycles. The third kappa shape index (κ3) is 2.73. The van der Waals surface area contributed by atoms with Gasteiger partial charge in [0.15, 0.2) is 5.13 Å². The highest BCUT2D eigenvalue weighted by Gasteiger charge is 2.07. The van der Waals surface area contributed by atoms with Gasteiger partial charge in [-0.05, 0) is 36.4 Å². The van der Waals surface area contributed by atoms with Gasteiger partial charge in [-0.2, -0.15) is 0 Å². The third-order valence-corrected chi connectivity index (χ3v) is 4.20. The first-order chi connectivity index (χ1) is 9.11. The highest BCUT2D eigenvalue weighted by Crippen LogP contribution is 2.31. The number of halogens is 3. The molecule has 0 saturated heterocycles. The Kier molecular flexibility index (Phi) is 3.43. The molecule has 0 aliphatic heterocycles. The monoisotopic (exact) mass is 356 g/mol. The fourth-order valence-corrected chi connectivity index (χ4v) is 3.02. The molecule has 0 amide bonds. The summed E-state index contributed by atoms with van der Waals surface area (Å²) in [5, 5.41) is 4.25. The summed E-state index contributed by atoms with van der Waals surface area (Å²) in [6, 6.07) is 10.3. The molecule has 0 saturated carbocycles. The second kappa shape index (κ2) is 5.07. The van der Waals surface area contributed by atoms with Crippen LogP contribution >= 0.6 is 38.9 Å². The van der Waals surface area contributed by atoms with Gasteiger partial charge < -0.3 is 5.32 Å². The van der Waals surface area contributed by atoms with Gasteiger partial charge in [-0.25, -0.2) is 9.37 Å². The van der Waals surface area contributed by atoms with Crippen LogP contribution in [0, 0.1) is 5.82 Å². The zero-order valence-electron chi connectivity index (χ0n) is 9.45. The molecule has 96 valence electrons. The van der Waals surface area contributed by atoms with Crippen molar-refractivity contribution in [3.8, 4) is 0 Å². The van der Waals surface area contributed by atoms with Gasteiger partial charge in [-0.1, -0.05) is 38.9 Å².